The summed E-state index contributed by atoms with van der Waals surface area (Å²) in [4.78, 5) is 18.5. The maximum atomic E-state index is 13.5. The lowest BCUT2D eigenvalue weighted by molar-refractivity contribution is 0.0950. The number of halogens is 1. The van der Waals surface area contributed by atoms with Crippen LogP contribution in [0, 0.1) is 12.7 Å². The zero-order chi connectivity index (χ0) is 13.0. The molecule has 0 saturated heterocycles. The van der Waals surface area contributed by atoms with Gasteiger partial charge in [0, 0.05) is 24.9 Å². The number of hydrogen-bond donors (Lipinski definition) is 2. The second kappa shape index (κ2) is 5.44. The number of carbonyl (C=O) groups excluding carboxylic acids is 1. The summed E-state index contributed by atoms with van der Waals surface area (Å²) in [6, 6.07) is 4.56. The summed E-state index contributed by atoms with van der Waals surface area (Å²) in [7, 11) is 0. The van der Waals surface area contributed by atoms with Crippen LogP contribution in [0.15, 0.2) is 30.7 Å². The molecule has 0 aliphatic rings. The van der Waals surface area contributed by atoms with Crippen LogP contribution in [0.25, 0.3) is 0 Å². The molecule has 0 aliphatic carbocycles. The van der Waals surface area contributed by atoms with E-state index in [0.717, 1.165) is 11.3 Å². The Morgan fingerprint density at radius 1 is 1.50 bits per heavy atom. The van der Waals surface area contributed by atoms with Crippen molar-refractivity contribution in [2.75, 3.05) is 6.54 Å². The molecule has 0 saturated carbocycles. The van der Waals surface area contributed by atoms with Gasteiger partial charge in [0.25, 0.3) is 5.91 Å². The van der Waals surface area contributed by atoms with E-state index >= 15 is 0 Å². The van der Waals surface area contributed by atoms with Crippen molar-refractivity contribution in [1.29, 1.82) is 0 Å². The number of aromatic nitrogens is 2. The first kappa shape index (κ1) is 12.3. The van der Waals surface area contributed by atoms with E-state index in [0.29, 0.717) is 13.0 Å². The first-order valence-corrected chi connectivity index (χ1v) is 5.68. The standard InChI is InChI=1S/C13H14FN3O/c1-9-2-3-11(12(14)6-9)13(18)16-5-4-10-7-15-8-17-10/h2-3,6-8H,4-5H2,1H3,(H,15,17)(H,16,18). The first-order valence-electron chi connectivity index (χ1n) is 5.68. The van der Waals surface area contributed by atoms with E-state index in [9.17, 15) is 9.18 Å². The molecule has 0 atom stereocenters. The summed E-state index contributed by atoms with van der Waals surface area (Å²) >= 11 is 0. The summed E-state index contributed by atoms with van der Waals surface area (Å²) < 4.78 is 13.5. The molecule has 18 heavy (non-hydrogen) atoms. The van der Waals surface area contributed by atoms with E-state index in [2.05, 4.69) is 15.3 Å². The summed E-state index contributed by atoms with van der Waals surface area (Å²) in [6.45, 7) is 2.22. The number of rotatable bonds is 4. The molecular formula is C13H14FN3O. The van der Waals surface area contributed by atoms with Gasteiger partial charge in [-0.1, -0.05) is 6.07 Å². The first-order chi connectivity index (χ1) is 8.66. The smallest absolute Gasteiger partial charge is 0.254 e. The van der Waals surface area contributed by atoms with Crippen LogP contribution >= 0.6 is 0 Å². The SMILES string of the molecule is Cc1ccc(C(=O)NCCc2cnc[nH]2)c(F)c1. The van der Waals surface area contributed by atoms with E-state index < -0.39 is 11.7 Å². The number of H-pyrrole nitrogens is 1. The fraction of sp³-hybridized carbons (Fsp3) is 0.231. The van der Waals surface area contributed by atoms with Crippen molar-refractivity contribution in [3.63, 3.8) is 0 Å². The van der Waals surface area contributed by atoms with E-state index in [-0.39, 0.29) is 5.56 Å². The number of benzene rings is 1. The Kier molecular flexibility index (Phi) is 3.72. The van der Waals surface area contributed by atoms with Crippen molar-refractivity contribution in [3.8, 4) is 0 Å². The van der Waals surface area contributed by atoms with Crippen LogP contribution in [-0.2, 0) is 6.42 Å². The minimum Gasteiger partial charge on any atom is -0.352 e. The van der Waals surface area contributed by atoms with Gasteiger partial charge < -0.3 is 10.3 Å². The average molecular weight is 247 g/mol. The Bertz CT molecular complexity index is 537. The molecule has 5 heteroatoms. The molecule has 1 heterocycles. The highest BCUT2D eigenvalue weighted by Gasteiger charge is 2.10. The molecular weight excluding hydrogens is 233 g/mol. The minimum atomic E-state index is -0.492. The van der Waals surface area contributed by atoms with Crippen LogP contribution < -0.4 is 5.32 Å². The molecule has 2 aromatic rings. The van der Waals surface area contributed by atoms with Gasteiger partial charge >= 0.3 is 0 Å². The Morgan fingerprint density at radius 2 is 2.33 bits per heavy atom. The van der Waals surface area contributed by atoms with Crippen molar-refractivity contribution in [2.45, 2.75) is 13.3 Å². The maximum Gasteiger partial charge on any atom is 0.254 e. The molecule has 2 rings (SSSR count). The predicted molar refractivity (Wildman–Crippen MR) is 65.8 cm³/mol. The van der Waals surface area contributed by atoms with Crippen LogP contribution in [0.5, 0.6) is 0 Å². The van der Waals surface area contributed by atoms with E-state index in [1.165, 1.54) is 12.1 Å². The fourth-order valence-corrected chi connectivity index (χ4v) is 1.63. The lowest BCUT2D eigenvalue weighted by Crippen LogP contribution is -2.26. The molecule has 0 bridgehead atoms. The van der Waals surface area contributed by atoms with Crippen LogP contribution in [0.1, 0.15) is 21.6 Å². The van der Waals surface area contributed by atoms with Gasteiger partial charge in [-0.2, -0.15) is 0 Å². The van der Waals surface area contributed by atoms with Gasteiger partial charge in [-0.05, 0) is 24.6 Å². The Morgan fingerprint density at radius 3 is 3.00 bits per heavy atom. The predicted octanol–water partition coefficient (Wildman–Crippen LogP) is 1.83. The van der Waals surface area contributed by atoms with Crippen molar-refractivity contribution in [1.82, 2.24) is 15.3 Å². The number of carbonyl (C=O) groups is 1. The van der Waals surface area contributed by atoms with E-state index in [1.54, 1.807) is 25.5 Å². The van der Waals surface area contributed by atoms with Crippen molar-refractivity contribution in [3.05, 3.63) is 53.4 Å². The lowest BCUT2D eigenvalue weighted by Gasteiger charge is -2.05. The average Bonchev–Trinajstić information content (AvgIpc) is 2.81. The lowest BCUT2D eigenvalue weighted by atomic mass is 10.1. The number of amides is 1. The molecule has 0 unspecified atom stereocenters. The van der Waals surface area contributed by atoms with Gasteiger partial charge in [0.05, 0.1) is 11.9 Å². The Hall–Kier alpha value is -2.17. The van der Waals surface area contributed by atoms with Crippen LogP contribution in [-0.4, -0.2) is 22.4 Å². The van der Waals surface area contributed by atoms with Crippen LogP contribution in [0.2, 0.25) is 0 Å². The number of nitrogens with one attached hydrogen (secondary N) is 2. The Balaban J connectivity index is 1.91. The molecule has 4 nitrogen and oxygen atoms in total. The van der Waals surface area contributed by atoms with Crippen molar-refractivity contribution >= 4 is 5.91 Å². The number of hydrogen-bond acceptors (Lipinski definition) is 2. The number of aryl methyl sites for hydroxylation is 1. The number of aromatic amines is 1. The van der Waals surface area contributed by atoms with Gasteiger partial charge in [0.2, 0.25) is 0 Å². The molecule has 2 N–H and O–H groups in total. The van der Waals surface area contributed by atoms with Gasteiger partial charge in [-0.25, -0.2) is 9.37 Å². The number of imidazole rings is 1. The molecule has 0 spiro atoms. The number of nitrogens with zero attached hydrogens (tertiary/aromatic N) is 1. The van der Waals surface area contributed by atoms with Gasteiger partial charge in [-0.15, -0.1) is 0 Å². The van der Waals surface area contributed by atoms with Gasteiger partial charge in [-0.3, -0.25) is 4.79 Å². The topological polar surface area (TPSA) is 57.8 Å². The highest BCUT2D eigenvalue weighted by atomic mass is 19.1. The normalized spacial score (nSPS) is 10.3. The monoisotopic (exact) mass is 247 g/mol. The second-order valence-corrected chi connectivity index (χ2v) is 4.07. The highest BCUT2D eigenvalue weighted by Crippen LogP contribution is 2.09. The fourth-order valence-electron chi connectivity index (χ4n) is 1.63. The van der Waals surface area contributed by atoms with E-state index in [4.69, 9.17) is 0 Å². The molecule has 1 aromatic carbocycles. The van der Waals surface area contributed by atoms with Gasteiger partial charge in [0.15, 0.2) is 0 Å². The second-order valence-electron chi connectivity index (χ2n) is 4.07. The molecule has 0 radical (unpaired) electrons. The zero-order valence-corrected chi connectivity index (χ0v) is 10.0. The third-order valence-electron chi connectivity index (χ3n) is 2.60. The van der Waals surface area contributed by atoms with Gasteiger partial charge in [0.1, 0.15) is 5.82 Å². The molecule has 1 aromatic heterocycles. The molecule has 1 amide bonds. The molecule has 0 fully saturated rings. The minimum absolute atomic E-state index is 0.0743. The molecule has 0 aliphatic heterocycles. The van der Waals surface area contributed by atoms with Crippen molar-refractivity contribution < 1.29 is 9.18 Å². The molecule has 94 valence electrons. The van der Waals surface area contributed by atoms with Crippen molar-refractivity contribution in [2.24, 2.45) is 0 Å². The largest absolute Gasteiger partial charge is 0.352 e. The summed E-state index contributed by atoms with van der Waals surface area (Å²) in [5.74, 6) is -0.888. The summed E-state index contributed by atoms with van der Waals surface area (Å²) in [6.07, 6.45) is 3.91. The quantitative estimate of drug-likeness (QED) is 0.866. The van der Waals surface area contributed by atoms with Crippen LogP contribution in [0.4, 0.5) is 4.39 Å². The van der Waals surface area contributed by atoms with Crippen LogP contribution in [0.3, 0.4) is 0 Å². The zero-order valence-electron chi connectivity index (χ0n) is 10.0. The third-order valence-corrected chi connectivity index (χ3v) is 2.60. The maximum absolute atomic E-state index is 13.5. The Labute approximate surface area is 104 Å². The summed E-state index contributed by atoms with van der Waals surface area (Å²) in [5.41, 5.74) is 1.80. The third kappa shape index (κ3) is 2.94. The highest BCUT2D eigenvalue weighted by molar-refractivity contribution is 5.94. The summed E-state index contributed by atoms with van der Waals surface area (Å²) in [5, 5.41) is 2.67. The van der Waals surface area contributed by atoms with E-state index in [1.807, 2.05) is 0 Å².